The molecule has 2 N–H and O–H groups in total. The summed E-state index contributed by atoms with van der Waals surface area (Å²) in [4.78, 5) is 6.20. The van der Waals surface area contributed by atoms with Gasteiger partial charge in [0, 0.05) is 6.54 Å². The van der Waals surface area contributed by atoms with Crippen LogP contribution in [0.5, 0.6) is 11.5 Å². The van der Waals surface area contributed by atoms with Gasteiger partial charge in [0.05, 0.1) is 20.2 Å². The predicted molar refractivity (Wildman–Crippen MR) is 77.0 cm³/mol. The average molecular weight is 292 g/mol. The summed E-state index contributed by atoms with van der Waals surface area (Å²) in [5.74, 6) is 2.53. The summed E-state index contributed by atoms with van der Waals surface area (Å²) in [6.45, 7) is 2.11. The number of ether oxygens (including phenoxy) is 2. The van der Waals surface area contributed by atoms with Crippen molar-refractivity contribution < 1.29 is 14.0 Å². The van der Waals surface area contributed by atoms with Crippen molar-refractivity contribution in [1.82, 2.24) is 15.0 Å². The van der Waals surface area contributed by atoms with Crippen LogP contribution in [-0.2, 0) is 13.1 Å². The first kappa shape index (κ1) is 15.3. The van der Waals surface area contributed by atoms with E-state index >= 15 is 0 Å². The molecule has 0 amide bonds. The van der Waals surface area contributed by atoms with Crippen molar-refractivity contribution in [3.8, 4) is 11.5 Å². The van der Waals surface area contributed by atoms with Gasteiger partial charge in [-0.1, -0.05) is 17.3 Å². The van der Waals surface area contributed by atoms with Crippen LogP contribution in [0.4, 0.5) is 0 Å². The second kappa shape index (κ2) is 7.61. The fourth-order valence-corrected chi connectivity index (χ4v) is 1.81. The number of aromatic nitrogens is 2. The number of para-hydroxylation sites is 2. The number of rotatable bonds is 8. The van der Waals surface area contributed by atoms with Crippen molar-refractivity contribution in [2.75, 3.05) is 27.3 Å². The maximum absolute atomic E-state index is 5.71. The van der Waals surface area contributed by atoms with E-state index in [1.54, 1.807) is 7.11 Å². The molecule has 0 fully saturated rings. The van der Waals surface area contributed by atoms with Crippen LogP contribution >= 0.6 is 0 Å². The lowest BCUT2D eigenvalue weighted by molar-refractivity contribution is 0.221. The normalized spacial score (nSPS) is 10.9. The fourth-order valence-electron chi connectivity index (χ4n) is 1.81. The summed E-state index contributed by atoms with van der Waals surface area (Å²) in [7, 11) is 3.59. The Kier molecular flexibility index (Phi) is 5.53. The second-order valence-corrected chi connectivity index (χ2v) is 4.55. The van der Waals surface area contributed by atoms with Crippen LogP contribution in [0.15, 0.2) is 28.8 Å². The summed E-state index contributed by atoms with van der Waals surface area (Å²) in [5, 5.41) is 3.85. The lowest BCUT2D eigenvalue weighted by atomic mass is 10.3. The number of benzene rings is 1. The molecule has 2 aromatic rings. The Morgan fingerprint density at radius 1 is 1.29 bits per heavy atom. The van der Waals surface area contributed by atoms with Crippen molar-refractivity contribution >= 4 is 0 Å². The van der Waals surface area contributed by atoms with Crippen LogP contribution in [0.25, 0.3) is 0 Å². The van der Waals surface area contributed by atoms with Gasteiger partial charge in [0.25, 0.3) is 0 Å². The summed E-state index contributed by atoms with van der Waals surface area (Å²) in [6, 6.07) is 7.57. The Labute approximate surface area is 123 Å². The van der Waals surface area contributed by atoms with E-state index in [-0.39, 0.29) is 6.54 Å². The third-order valence-electron chi connectivity index (χ3n) is 2.90. The number of likely N-dealkylation sites (N-methyl/N-ethyl adjacent to an activating group) is 1. The molecule has 0 radical (unpaired) electrons. The van der Waals surface area contributed by atoms with Crippen molar-refractivity contribution in [3.63, 3.8) is 0 Å². The van der Waals surface area contributed by atoms with E-state index in [9.17, 15) is 0 Å². The molecule has 1 aromatic heterocycles. The highest BCUT2D eigenvalue weighted by Gasteiger charge is 2.08. The zero-order chi connectivity index (χ0) is 15.1. The van der Waals surface area contributed by atoms with Crippen LogP contribution in [0.3, 0.4) is 0 Å². The molecule has 1 aromatic carbocycles. The maximum atomic E-state index is 5.71. The van der Waals surface area contributed by atoms with E-state index in [1.165, 1.54) is 0 Å². The van der Waals surface area contributed by atoms with Gasteiger partial charge in [-0.15, -0.1) is 0 Å². The van der Waals surface area contributed by atoms with Crippen molar-refractivity contribution in [3.05, 3.63) is 36.0 Å². The molecule has 114 valence electrons. The lowest BCUT2D eigenvalue weighted by Crippen LogP contribution is -2.24. The van der Waals surface area contributed by atoms with Gasteiger partial charge in [0.15, 0.2) is 17.3 Å². The Hall–Kier alpha value is -2.12. The summed E-state index contributed by atoms with van der Waals surface area (Å²) in [5.41, 5.74) is 5.42. The highest BCUT2D eigenvalue weighted by molar-refractivity contribution is 5.39. The number of hydrogen-bond acceptors (Lipinski definition) is 7. The van der Waals surface area contributed by atoms with Gasteiger partial charge in [-0.05, 0) is 19.2 Å². The monoisotopic (exact) mass is 292 g/mol. The molecule has 7 nitrogen and oxygen atoms in total. The van der Waals surface area contributed by atoms with Crippen molar-refractivity contribution in [1.29, 1.82) is 0 Å². The minimum Gasteiger partial charge on any atom is -0.493 e. The van der Waals surface area contributed by atoms with Gasteiger partial charge in [0.2, 0.25) is 5.89 Å². The van der Waals surface area contributed by atoms with Crippen molar-refractivity contribution in [2.24, 2.45) is 5.73 Å². The average Bonchev–Trinajstić information content (AvgIpc) is 2.95. The third-order valence-corrected chi connectivity index (χ3v) is 2.90. The number of nitrogens with two attached hydrogens (primary N) is 1. The van der Waals surface area contributed by atoms with Crippen LogP contribution in [0.2, 0.25) is 0 Å². The number of nitrogens with zero attached hydrogens (tertiary/aromatic N) is 3. The number of methoxy groups -OCH3 is 1. The first-order valence-electron chi connectivity index (χ1n) is 6.69. The lowest BCUT2D eigenvalue weighted by Gasteiger charge is -2.15. The fraction of sp³-hybridized carbons (Fsp3) is 0.429. The Bertz CT molecular complexity index is 559. The third kappa shape index (κ3) is 4.44. The highest BCUT2D eigenvalue weighted by Crippen LogP contribution is 2.25. The van der Waals surface area contributed by atoms with Crippen LogP contribution < -0.4 is 15.2 Å². The molecule has 0 unspecified atom stereocenters. The second-order valence-electron chi connectivity index (χ2n) is 4.55. The van der Waals surface area contributed by atoms with E-state index in [2.05, 4.69) is 10.1 Å². The predicted octanol–water partition coefficient (Wildman–Crippen LogP) is 1.05. The molecule has 0 saturated heterocycles. The molecule has 7 heteroatoms. The Morgan fingerprint density at radius 2 is 2.05 bits per heavy atom. The molecule has 0 spiro atoms. The first-order chi connectivity index (χ1) is 10.2. The molecule has 0 atom stereocenters. The molecule has 0 aliphatic rings. The van der Waals surface area contributed by atoms with Crippen LogP contribution in [0, 0.1) is 0 Å². The van der Waals surface area contributed by atoms with Crippen molar-refractivity contribution in [2.45, 2.75) is 13.1 Å². The van der Waals surface area contributed by atoms with E-state index in [0.717, 1.165) is 18.0 Å². The zero-order valence-electron chi connectivity index (χ0n) is 12.3. The van der Waals surface area contributed by atoms with E-state index in [4.69, 9.17) is 19.7 Å². The first-order valence-corrected chi connectivity index (χ1v) is 6.69. The van der Waals surface area contributed by atoms with Gasteiger partial charge in [-0.2, -0.15) is 4.98 Å². The molecule has 2 rings (SSSR count). The van der Waals surface area contributed by atoms with Gasteiger partial charge in [0.1, 0.15) is 6.61 Å². The van der Waals surface area contributed by atoms with Gasteiger partial charge in [-0.3, -0.25) is 4.90 Å². The molecule has 21 heavy (non-hydrogen) atoms. The minimum absolute atomic E-state index is 0.258. The van der Waals surface area contributed by atoms with Crippen LogP contribution in [0.1, 0.15) is 11.7 Å². The topological polar surface area (TPSA) is 86.6 Å². The van der Waals surface area contributed by atoms with E-state index in [1.807, 2.05) is 36.2 Å². The largest absolute Gasteiger partial charge is 0.493 e. The molecule has 0 aliphatic heterocycles. The highest BCUT2D eigenvalue weighted by atomic mass is 16.5. The molecule has 0 bridgehead atoms. The molecular weight excluding hydrogens is 272 g/mol. The summed E-state index contributed by atoms with van der Waals surface area (Å²) in [6.07, 6.45) is 0. The zero-order valence-corrected chi connectivity index (χ0v) is 12.3. The summed E-state index contributed by atoms with van der Waals surface area (Å²) < 4.78 is 15.9. The number of hydrogen-bond donors (Lipinski definition) is 1. The van der Waals surface area contributed by atoms with Gasteiger partial charge < -0.3 is 19.7 Å². The van der Waals surface area contributed by atoms with E-state index < -0.39 is 0 Å². The quantitative estimate of drug-likeness (QED) is 0.778. The maximum Gasteiger partial charge on any atom is 0.240 e. The Morgan fingerprint density at radius 3 is 2.71 bits per heavy atom. The van der Waals surface area contributed by atoms with Gasteiger partial charge >= 0.3 is 0 Å². The SMILES string of the molecule is COc1ccccc1OCCN(C)Cc1noc(CN)n1. The van der Waals surface area contributed by atoms with Gasteiger partial charge in [-0.25, -0.2) is 0 Å². The molecule has 0 saturated carbocycles. The minimum atomic E-state index is 0.258. The van der Waals surface area contributed by atoms with Crippen LogP contribution in [-0.4, -0.2) is 42.3 Å². The summed E-state index contributed by atoms with van der Waals surface area (Å²) >= 11 is 0. The van der Waals surface area contributed by atoms with E-state index in [0.29, 0.717) is 24.9 Å². The Balaban J connectivity index is 1.77. The molecule has 0 aliphatic carbocycles. The molecule has 1 heterocycles. The molecular formula is C14H20N4O3. The standard InChI is InChI=1S/C14H20N4O3/c1-18(10-13-16-14(9-15)21-17-13)7-8-20-12-6-4-3-5-11(12)19-2/h3-6H,7-10,15H2,1-2H3. The smallest absolute Gasteiger partial charge is 0.240 e.